The minimum Gasteiger partial charge on any atom is -0.368 e. The Labute approximate surface area is 175 Å². The minimum absolute atomic E-state index is 0.0954. The molecule has 0 spiro atoms. The lowest BCUT2D eigenvalue weighted by Gasteiger charge is -2.36. The molecule has 4 rings (SSSR count). The number of halogens is 2. The molecule has 0 N–H and O–H groups in total. The van der Waals surface area contributed by atoms with Crippen molar-refractivity contribution >= 4 is 33.8 Å². The number of thiazole rings is 1. The normalized spacial score (nSPS) is 14.7. The Bertz CT molecular complexity index is 1120. The molecule has 1 aliphatic rings. The van der Waals surface area contributed by atoms with Crippen LogP contribution in [-0.2, 0) is 17.8 Å². The van der Waals surface area contributed by atoms with Crippen LogP contribution in [-0.4, -0.2) is 57.9 Å². The largest absolute Gasteiger partial charge is 0.368 e. The van der Waals surface area contributed by atoms with Gasteiger partial charge in [0.15, 0.2) is 0 Å². The summed E-state index contributed by atoms with van der Waals surface area (Å²) in [5.74, 6) is 0.0954. The highest BCUT2D eigenvalue weighted by Crippen LogP contribution is 2.21. The summed E-state index contributed by atoms with van der Waals surface area (Å²) in [6.07, 6.45) is 0.681. The van der Waals surface area contributed by atoms with Crippen LogP contribution in [0.3, 0.4) is 0 Å². The maximum absolute atomic E-state index is 12.6. The highest BCUT2D eigenvalue weighted by atomic mass is 32.1. The summed E-state index contributed by atoms with van der Waals surface area (Å²) in [5.41, 5.74) is 0.897. The Balaban J connectivity index is 1.43. The van der Waals surface area contributed by atoms with Gasteiger partial charge in [0, 0.05) is 42.9 Å². The molecule has 0 unspecified atom stereocenters. The highest BCUT2D eigenvalue weighted by Gasteiger charge is 2.22. The number of piperazine rings is 1. The molecule has 1 aliphatic heterocycles. The van der Waals surface area contributed by atoms with Gasteiger partial charge in [0.1, 0.15) is 0 Å². The van der Waals surface area contributed by atoms with Crippen LogP contribution < -0.4 is 10.5 Å². The molecule has 10 heteroatoms. The van der Waals surface area contributed by atoms with Gasteiger partial charge in [-0.05, 0) is 25.1 Å². The molecular weight excluding hydrogens is 412 g/mol. The second kappa shape index (κ2) is 8.47. The Morgan fingerprint density at radius 2 is 1.97 bits per heavy atom. The molecule has 0 radical (unpaired) electrons. The lowest BCUT2D eigenvalue weighted by molar-refractivity contribution is -0.130. The van der Waals surface area contributed by atoms with Crippen LogP contribution in [0.4, 0.5) is 14.5 Å². The van der Waals surface area contributed by atoms with E-state index in [9.17, 15) is 18.4 Å². The lowest BCUT2D eigenvalue weighted by Crippen LogP contribution is -2.49. The van der Waals surface area contributed by atoms with Gasteiger partial charge in [-0.2, -0.15) is 0 Å². The number of hydrogen-bond donors (Lipinski definition) is 0. The fourth-order valence-corrected chi connectivity index (χ4v) is 4.37. The molecule has 2 aromatic heterocycles. The van der Waals surface area contributed by atoms with Crippen molar-refractivity contribution in [3.05, 3.63) is 51.0 Å². The number of aryl methyl sites for hydroxylation is 1. The molecule has 3 heterocycles. The van der Waals surface area contributed by atoms with Gasteiger partial charge in [-0.15, -0.1) is 11.3 Å². The summed E-state index contributed by atoms with van der Waals surface area (Å²) in [7, 11) is 0. The third-order valence-electron chi connectivity index (χ3n) is 5.14. The van der Waals surface area contributed by atoms with Gasteiger partial charge in [0.2, 0.25) is 5.91 Å². The summed E-state index contributed by atoms with van der Waals surface area (Å²) in [4.78, 5) is 38.2. The van der Waals surface area contributed by atoms with Crippen molar-refractivity contribution in [2.45, 2.75) is 26.3 Å². The fraction of sp³-hybridized carbons (Fsp3) is 0.400. The number of nitrogens with zero attached hydrogens (tertiary/aromatic N) is 5. The van der Waals surface area contributed by atoms with Crippen molar-refractivity contribution in [1.82, 2.24) is 19.4 Å². The molecule has 1 aromatic carbocycles. The number of alkyl halides is 2. The predicted molar refractivity (Wildman–Crippen MR) is 111 cm³/mol. The SMILES string of the molecule is Cc1ncc(CC(=O)N2CCN(c3ccc4c(=O)n(CC(F)F)cnc4c3)CC2)s1. The van der Waals surface area contributed by atoms with E-state index < -0.39 is 18.5 Å². The second-order valence-corrected chi connectivity index (χ2v) is 8.50. The molecule has 0 atom stereocenters. The van der Waals surface area contributed by atoms with Crippen LogP contribution in [0.25, 0.3) is 10.9 Å². The number of carbonyl (C=O) groups excluding carboxylic acids is 1. The van der Waals surface area contributed by atoms with Crippen molar-refractivity contribution in [2.24, 2.45) is 0 Å². The van der Waals surface area contributed by atoms with Gasteiger partial charge in [-0.3, -0.25) is 14.2 Å². The van der Waals surface area contributed by atoms with Crippen LogP contribution in [0.1, 0.15) is 9.88 Å². The number of rotatable bonds is 5. The topological polar surface area (TPSA) is 71.3 Å². The second-order valence-electron chi connectivity index (χ2n) is 7.18. The number of hydrogen-bond acceptors (Lipinski definition) is 6. The van der Waals surface area contributed by atoms with Crippen molar-refractivity contribution in [3.8, 4) is 0 Å². The first-order chi connectivity index (χ1) is 14.4. The first-order valence-electron chi connectivity index (χ1n) is 9.62. The lowest BCUT2D eigenvalue weighted by atomic mass is 10.2. The summed E-state index contributed by atoms with van der Waals surface area (Å²) in [6, 6.07) is 5.22. The van der Waals surface area contributed by atoms with E-state index >= 15 is 0 Å². The summed E-state index contributed by atoms with van der Waals surface area (Å²) >= 11 is 1.54. The van der Waals surface area contributed by atoms with Crippen molar-refractivity contribution in [2.75, 3.05) is 31.1 Å². The predicted octanol–water partition coefficient (Wildman–Crippen LogP) is 2.32. The van der Waals surface area contributed by atoms with Gasteiger partial charge in [-0.1, -0.05) is 0 Å². The molecular formula is C20H21F2N5O2S. The van der Waals surface area contributed by atoms with E-state index in [0.717, 1.165) is 20.1 Å². The molecule has 3 aromatic rings. The van der Waals surface area contributed by atoms with E-state index in [1.54, 1.807) is 24.4 Å². The van der Waals surface area contributed by atoms with Crippen molar-refractivity contribution in [1.29, 1.82) is 0 Å². The van der Waals surface area contributed by atoms with E-state index in [0.29, 0.717) is 43.5 Å². The maximum atomic E-state index is 12.6. The quantitative estimate of drug-likeness (QED) is 0.618. The Kier molecular flexibility index (Phi) is 5.76. The van der Waals surface area contributed by atoms with Crippen LogP contribution in [0.5, 0.6) is 0 Å². The summed E-state index contributed by atoms with van der Waals surface area (Å²) in [5, 5.41) is 1.27. The van der Waals surface area contributed by atoms with Gasteiger partial charge in [0.25, 0.3) is 12.0 Å². The van der Waals surface area contributed by atoms with E-state index in [1.807, 2.05) is 11.8 Å². The summed E-state index contributed by atoms with van der Waals surface area (Å²) < 4.78 is 26.1. The zero-order valence-corrected chi connectivity index (χ0v) is 17.2. The monoisotopic (exact) mass is 433 g/mol. The average Bonchev–Trinajstić information content (AvgIpc) is 3.14. The third-order valence-corrected chi connectivity index (χ3v) is 6.05. The van der Waals surface area contributed by atoms with Gasteiger partial charge in [-0.25, -0.2) is 18.7 Å². The van der Waals surface area contributed by atoms with Gasteiger partial charge in [0.05, 0.1) is 35.2 Å². The maximum Gasteiger partial charge on any atom is 0.261 e. The van der Waals surface area contributed by atoms with E-state index in [1.165, 1.54) is 17.7 Å². The smallest absolute Gasteiger partial charge is 0.261 e. The number of anilines is 1. The van der Waals surface area contributed by atoms with Gasteiger partial charge >= 0.3 is 0 Å². The standard InChI is InChI=1S/C20H21F2N5O2S/c1-13-23-10-15(30-13)9-19(28)26-6-4-25(5-7-26)14-2-3-16-17(8-14)24-12-27(20(16)29)11-18(21)22/h2-3,8,10,12,18H,4-7,9,11H2,1H3. The number of aromatic nitrogens is 3. The van der Waals surface area contributed by atoms with E-state index in [-0.39, 0.29) is 5.91 Å². The molecule has 7 nitrogen and oxygen atoms in total. The number of fused-ring (bicyclic) bond motifs is 1. The zero-order valence-electron chi connectivity index (χ0n) is 16.4. The first-order valence-corrected chi connectivity index (χ1v) is 10.4. The first kappa shape index (κ1) is 20.4. The molecule has 0 saturated carbocycles. The Hall–Kier alpha value is -2.88. The fourth-order valence-electron chi connectivity index (χ4n) is 3.58. The van der Waals surface area contributed by atoms with Crippen LogP contribution >= 0.6 is 11.3 Å². The molecule has 1 saturated heterocycles. The van der Waals surface area contributed by atoms with Crippen LogP contribution in [0.2, 0.25) is 0 Å². The van der Waals surface area contributed by atoms with Crippen LogP contribution in [0.15, 0.2) is 35.5 Å². The number of carbonyl (C=O) groups is 1. The van der Waals surface area contributed by atoms with Crippen molar-refractivity contribution in [3.63, 3.8) is 0 Å². The third kappa shape index (κ3) is 4.33. The highest BCUT2D eigenvalue weighted by molar-refractivity contribution is 7.11. The average molecular weight is 433 g/mol. The number of benzene rings is 1. The molecule has 0 aliphatic carbocycles. The molecule has 30 heavy (non-hydrogen) atoms. The molecule has 1 fully saturated rings. The Morgan fingerprint density at radius 1 is 1.20 bits per heavy atom. The van der Waals surface area contributed by atoms with Crippen LogP contribution in [0, 0.1) is 6.92 Å². The van der Waals surface area contributed by atoms with E-state index in [2.05, 4.69) is 14.9 Å². The Morgan fingerprint density at radius 3 is 2.63 bits per heavy atom. The zero-order chi connectivity index (χ0) is 21.3. The number of amides is 1. The summed E-state index contributed by atoms with van der Waals surface area (Å²) in [6.45, 7) is 3.81. The van der Waals surface area contributed by atoms with Gasteiger partial charge < -0.3 is 9.80 Å². The molecule has 158 valence electrons. The minimum atomic E-state index is -2.61. The van der Waals surface area contributed by atoms with E-state index in [4.69, 9.17) is 0 Å². The molecule has 0 bridgehead atoms. The molecule has 1 amide bonds. The van der Waals surface area contributed by atoms with Crippen molar-refractivity contribution < 1.29 is 13.6 Å².